The van der Waals surface area contributed by atoms with Gasteiger partial charge in [0.1, 0.15) is 31.1 Å². The number of hydrogen-bond acceptors (Lipinski definition) is 6. The van der Waals surface area contributed by atoms with Crippen molar-refractivity contribution in [3.05, 3.63) is 83.9 Å². The zero-order chi connectivity index (χ0) is 21.5. The van der Waals surface area contributed by atoms with Crippen LogP contribution in [0.15, 0.2) is 72.8 Å². The summed E-state index contributed by atoms with van der Waals surface area (Å²) >= 11 is 0. The van der Waals surface area contributed by atoms with E-state index in [1.807, 2.05) is 30.3 Å². The van der Waals surface area contributed by atoms with Crippen molar-refractivity contribution in [2.75, 3.05) is 25.1 Å². The second-order valence-electron chi connectivity index (χ2n) is 6.75. The molecule has 3 aromatic carbocycles. The molecular weight excluding hydrogens is 398 g/mol. The fourth-order valence-corrected chi connectivity index (χ4v) is 3.02. The molecule has 0 atom stereocenters. The van der Waals surface area contributed by atoms with Crippen LogP contribution >= 0.6 is 0 Å². The molecule has 7 nitrogen and oxygen atoms in total. The summed E-state index contributed by atoms with van der Waals surface area (Å²) in [5.74, 6) is 0.477. The monoisotopic (exact) mass is 419 g/mol. The Labute approximate surface area is 179 Å². The van der Waals surface area contributed by atoms with Crippen LogP contribution in [0, 0.1) is 0 Å². The van der Waals surface area contributed by atoms with Crippen LogP contribution in [-0.2, 0) is 16.1 Å². The van der Waals surface area contributed by atoms with Gasteiger partial charge in [-0.05, 0) is 29.8 Å². The van der Waals surface area contributed by atoms with Gasteiger partial charge in [-0.1, -0.05) is 42.5 Å². The number of esters is 1. The molecule has 158 valence electrons. The molecule has 1 amide bonds. The highest BCUT2D eigenvalue weighted by Gasteiger charge is 2.17. The summed E-state index contributed by atoms with van der Waals surface area (Å²) in [4.78, 5) is 24.7. The first kappa shape index (κ1) is 20.3. The number of benzene rings is 3. The molecule has 0 fully saturated rings. The number of rotatable bonds is 7. The van der Waals surface area contributed by atoms with E-state index in [0.29, 0.717) is 42.8 Å². The number of amides is 1. The molecule has 0 unspecified atom stereocenters. The fraction of sp³-hybridized carbons (Fsp3) is 0.167. The Hall–Kier alpha value is -4.00. The van der Waals surface area contributed by atoms with Gasteiger partial charge in [0.05, 0.1) is 0 Å². The Kier molecular flexibility index (Phi) is 6.32. The van der Waals surface area contributed by atoms with Crippen LogP contribution in [0.2, 0.25) is 0 Å². The van der Waals surface area contributed by atoms with Crippen molar-refractivity contribution in [2.45, 2.75) is 6.61 Å². The molecule has 1 heterocycles. The van der Waals surface area contributed by atoms with Gasteiger partial charge >= 0.3 is 5.97 Å². The van der Waals surface area contributed by atoms with E-state index in [9.17, 15) is 9.59 Å². The molecule has 31 heavy (non-hydrogen) atoms. The average molecular weight is 419 g/mol. The number of carbonyl (C=O) groups excluding carboxylic acids is 2. The lowest BCUT2D eigenvalue weighted by molar-refractivity contribution is -0.119. The average Bonchev–Trinajstić information content (AvgIpc) is 2.82. The predicted octanol–water partition coefficient (Wildman–Crippen LogP) is 3.83. The minimum atomic E-state index is -0.638. The van der Waals surface area contributed by atoms with Crippen LogP contribution in [0.4, 0.5) is 5.69 Å². The van der Waals surface area contributed by atoms with Gasteiger partial charge in [0, 0.05) is 11.8 Å². The van der Waals surface area contributed by atoms with E-state index in [0.717, 1.165) is 5.56 Å². The number of fused-ring (bicyclic) bond motifs is 1. The zero-order valence-corrected chi connectivity index (χ0v) is 16.7. The van der Waals surface area contributed by atoms with Gasteiger partial charge in [0.2, 0.25) is 0 Å². The van der Waals surface area contributed by atoms with E-state index in [4.69, 9.17) is 18.9 Å². The molecule has 4 rings (SSSR count). The minimum absolute atomic E-state index is 0.255. The molecule has 0 saturated heterocycles. The van der Waals surface area contributed by atoms with Crippen LogP contribution < -0.4 is 19.5 Å². The molecule has 3 aromatic rings. The van der Waals surface area contributed by atoms with Crippen molar-refractivity contribution in [2.24, 2.45) is 0 Å². The van der Waals surface area contributed by atoms with Gasteiger partial charge in [-0.25, -0.2) is 4.79 Å². The maximum Gasteiger partial charge on any atom is 0.342 e. The fourth-order valence-electron chi connectivity index (χ4n) is 3.02. The first-order valence-corrected chi connectivity index (χ1v) is 9.81. The maximum atomic E-state index is 12.5. The lowest BCUT2D eigenvalue weighted by Crippen LogP contribution is -2.21. The standard InChI is InChI=1S/C24H21NO6/c26-23(25-18-10-11-21-22(14-18)29-13-12-28-21)16-31-24(27)19-8-4-5-9-20(19)30-15-17-6-2-1-3-7-17/h1-11,14H,12-13,15-16H2,(H,25,26). The van der Waals surface area contributed by atoms with Gasteiger partial charge in [-0.3, -0.25) is 4.79 Å². The molecule has 1 aliphatic rings. The predicted molar refractivity (Wildman–Crippen MR) is 114 cm³/mol. The van der Waals surface area contributed by atoms with Crippen molar-refractivity contribution < 1.29 is 28.5 Å². The SMILES string of the molecule is O=C(COC(=O)c1ccccc1OCc1ccccc1)Nc1ccc2c(c1)OCCO2. The van der Waals surface area contributed by atoms with Crippen molar-refractivity contribution in [1.82, 2.24) is 0 Å². The minimum Gasteiger partial charge on any atom is -0.488 e. The lowest BCUT2D eigenvalue weighted by atomic mass is 10.2. The van der Waals surface area contributed by atoms with E-state index >= 15 is 0 Å². The molecule has 0 radical (unpaired) electrons. The third-order valence-corrected chi connectivity index (χ3v) is 4.50. The lowest BCUT2D eigenvalue weighted by Gasteiger charge is -2.19. The maximum absolute atomic E-state index is 12.5. The highest BCUT2D eigenvalue weighted by molar-refractivity contribution is 5.96. The summed E-state index contributed by atoms with van der Waals surface area (Å²) in [5.41, 5.74) is 1.76. The number of carbonyl (C=O) groups is 2. The topological polar surface area (TPSA) is 83.1 Å². The highest BCUT2D eigenvalue weighted by Crippen LogP contribution is 2.32. The molecule has 0 saturated carbocycles. The van der Waals surface area contributed by atoms with Gasteiger partial charge in [-0.15, -0.1) is 0 Å². The van der Waals surface area contributed by atoms with Gasteiger partial charge < -0.3 is 24.3 Å². The number of para-hydroxylation sites is 1. The Morgan fingerprint density at radius 2 is 1.61 bits per heavy atom. The largest absolute Gasteiger partial charge is 0.488 e. The van der Waals surface area contributed by atoms with Crippen molar-refractivity contribution in [3.8, 4) is 17.2 Å². The smallest absolute Gasteiger partial charge is 0.342 e. The summed E-state index contributed by atoms with van der Waals surface area (Å²) in [5, 5.41) is 2.68. The zero-order valence-electron chi connectivity index (χ0n) is 16.7. The summed E-state index contributed by atoms with van der Waals surface area (Å²) in [6.45, 7) is 0.828. The molecule has 0 aliphatic carbocycles. The second kappa shape index (κ2) is 9.67. The van der Waals surface area contributed by atoms with Gasteiger partial charge in [-0.2, -0.15) is 0 Å². The summed E-state index contributed by atoms with van der Waals surface area (Å²) in [7, 11) is 0. The van der Waals surface area contributed by atoms with E-state index in [1.165, 1.54) is 0 Å². The van der Waals surface area contributed by atoms with Gasteiger partial charge in [0.15, 0.2) is 18.1 Å². The highest BCUT2D eigenvalue weighted by atomic mass is 16.6. The first-order chi connectivity index (χ1) is 15.2. The van der Waals surface area contributed by atoms with Crippen LogP contribution in [0.25, 0.3) is 0 Å². The van der Waals surface area contributed by atoms with E-state index in [-0.39, 0.29) is 5.56 Å². The van der Waals surface area contributed by atoms with E-state index in [2.05, 4.69) is 5.32 Å². The molecule has 0 bridgehead atoms. The van der Waals surface area contributed by atoms with Crippen molar-refractivity contribution in [1.29, 1.82) is 0 Å². The number of anilines is 1. The Morgan fingerprint density at radius 1 is 0.871 bits per heavy atom. The van der Waals surface area contributed by atoms with Crippen LogP contribution in [0.3, 0.4) is 0 Å². The summed E-state index contributed by atoms with van der Waals surface area (Å²) < 4.78 is 21.9. The van der Waals surface area contributed by atoms with Crippen LogP contribution in [0.5, 0.6) is 17.2 Å². The third kappa shape index (κ3) is 5.33. The molecular formula is C24H21NO6. The number of nitrogens with one attached hydrogen (secondary N) is 1. The third-order valence-electron chi connectivity index (χ3n) is 4.50. The van der Waals surface area contributed by atoms with Crippen molar-refractivity contribution in [3.63, 3.8) is 0 Å². The number of hydrogen-bond donors (Lipinski definition) is 1. The molecule has 7 heteroatoms. The van der Waals surface area contributed by atoms with Gasteiger partial charge in [0.25, 0.3) is 5.91 Å². The quantitative estimate of drug-likeness (QED) is 0.586. The Morgan fingerprint density at radius 3 is 2.45 bits per heavy atom. The van der Waals surface area contributed by atoms with Crippen molar-refractivity contribution >= 4 is 17.6 Å². The normalized spacial score (nSPS) is 12.0. The molecule has 1 N–H and O–H groups in total. The number of ether oxygens (including phenoxy) is 4. The van der Waals surface area contributed by atoms with E-state index in [1.54, 1.807) is 42.5 Å². The first-order valence-electron chi connectivity index (χ1n) is 9.81. The van der Waals surface area contributed by atoms with Crippen LogP contribution in [0.1, 0.15) is 15.9 Å². The van der Waals surface area contributed by atoms with E-state index < -0.39 is 18.5 Å². The molecule has 0 spiro atoms. The molecule has 0 aromatic heterocycles. The Balaban J connectivity index is 1.33. The summed E-state index contributed by atoms with van der Waals surface area (Å²) in [6, 6.07) is 21.5. The van der Waals surface area contributed by atoms with Crippen LogP contribution in [-0.4, -0.2) is 31.7 Å². The Bertz CT molecular complexity index is 1070. The second-order valence-corrected chi connectivity index (χ2v) is 6.75. The molecule has 1 aliphatic heterocycles. The summed E-state index contributed by atoms with van der Waals surface area (Å²) in [6.07, 6.45) is 0.